The average Bonchev–Trinajstić information content (AvgIpc) is 2.10. The van der Waals surface area contributed by atoms with Gasteiger partial charge in [-0.2, -0.15) is 0 Å². The summed E-state index contributed by atoms with van der Waals surface area (Å²) in [5, 5.41) is 2.58. The highest BCUT2D eigenvalue weighted by atomic mass is 16.6. The number of amides is 1. The molecule has 0 saturated heterocycles. The lowest BCUT2D eigenvalue weighted by molar-refractivity contribution is -0.121. The molecule has 0 spiro atoms. The van der Waals surface area contributed by atoms with E-state index in [2.05, 4.69) is 5.32 Å². The van der Waals surface area contributed by atoms with Crippen molar-refractivity contribution in [1.82, 2.24) is 5.32 Å². The van der Waals surface area contributed by atoms with Crippen molar-refractivity contribution in [3.05, 3.63) is 0 Å². The van der Waals surface area contributed by atoms with E-state index in [0.717, 1.165) is 0 Å². The Morgan fingerprint density at radius 1 is 1.47 bits per heavy atom. The van der Waals surface area contributed by atoms with Crippen LogP contribution < -0.4 is 5.32 Å². The van der Waals surface area contributed by atoms with Crippen LogP contribution >= 0.6 is 0 Å². The smallest absolute Gasteiger partial charge is 0.408 e. The number of ether oxygens (including phenoxy) is 1. The van der Waals surface area contributed by atoms with Crippen LogP contribution in [0.5, 0.6) is 0 Å². The summed E-state index contributed by atoms with van der Waals surface area (Å²) in [5.74, 6) is 1.43. The second-order valence-corrected chi connectivity index (χ2v) is 4.19. The van der Waals surface area contributed by atoms with Gasteiger partial charge in [0.2, 0.25) is 5.78 Å². The van der Waals surface area contributed by atoms with Gasteiger partial charge in [0.05, 0.1) is 0 Å². The molecule has 0 unspecified atom stereocenters. The molecule has 1 amide bonds. The van der Waals surface area contributed by atoms with Crippen molar-refractivity contribution >= 4 is 11.9 Å². The average molecular weight is 211 g/mol. The molecule has 0 rings (SSSR count). The van der Waals surface area contributed by atoms with Crippen molar-refractivity contribution in [2.24, 2.45) is 0 Å². The molecule has 0 aromatic carbocycles. The predicted octanol–water partition coefficient (Wildman–Crippen LogP) is 1.49. The lowest BCUT2D eigenvalue weighted by atomic mass is 10.1. The fourth-order valence-corrected chi connectivity index (χ4v) is 0.880. The quantitative estimate of drug-likeness (QED) is 0.568. The molecule has 4 nitrogen and oxygen atoms in total. The van der Waals surface area contributed by atoms with Crippen molar-refractivity contribution < 1.29 is 14.3 Å². The third kappa shape index (κ3) is 5.74. The molecule has 0 fully saturated rings. The molecule has 0 bridgehead atoms. The SMILES string of the molecule is C#CC(=O)[C@@H](CC)OC(=O)NC(C)(C)C. The van der Waals surface area contributed by atoms with Crippen LogP contribution in [-0.4, -0.2) is 23.5 Å². The van der Waals surface area contributed by atoms with Crippen molar-refractivity contribution in [2.75, 3.05) is 0 Å². The molecule has 0 aliphatic heterocycles. The molecule has 0 radical (unpaired) electrons. The Hall–Kier alpha value is -1.50. The minimum atomic E-state index is -0.850. The van der Waals surface area contributed by atoms with Gasteiger partial charge in [0.1, 0.15) is 0 Å². The number of hydrogen-bond donors (Lipinski definition) is 1. The molecular formula is C11H17NO3. The van der Waals surface area contributed by atoms with Crippen LogP contribution in [0, 0.1) is 12.3 Å². The summed E-state index contributed by atoms with van der Waals surface area (Å²) in [7, 11) is 0. The molecule has 0 aromatic rings. The zero-order chi connectivity index (χ0) is 12.1. The fourth-order valence-electron chi connectivity index (χ4n) is 0.880. The maximum Gasteiger partial charge on any atom is 0.408 e. The van der Waals surface area contributed by atoms with E-state index in [1.165, 1.54) is 0 Å². The number of hydrogen-bond acceptors (Lipinski definition) is 3. The summed E-state index contributed by atoms with van der Waals surface area (Å²) in [6.45, 7) is 7.18. The normalized spacial score (nSPS) is 12.5. The van der Waals surface area contributed by atoms with E-state index in [1.54, 1.807) is 6.92 Å². The zero-order valence-corrected chi connectivity index (χ0v) is 9.59. The van der Waals surface area contributed by atoms with Gasteiger partial charge in [0.15, 0.2) is 6.10 Å². The first-order valence-electron chi connectivity index (χ1n) is 4.79. The number of rotatable bonds is 3. The first-order valence-corrected chi connectivity index (χ1v) is 4.79. The Kier molecular flexibility index (Phi) is 4.86. The van der Waals surface area contributed by atoms with E-state index in [9.17, 15) is 9.59 Å². The summed E-state index contributed by atoms with van der Waals surface area (Å²) in [6, 6.07) is 0. The maximum absolute atomic E-state index is 11.3. The number of terminal acetylenes is 1. The lowest BCUT2D eigenvalue weighted by Gasteiger charge is -2.21. The van der Waals surface area contributed by atoms with E-state index in [1.807, 2.05) is 26.7 Å². The second-order valence-electron chi connectivity index (χ2n) is 4.19. The predicted molar refractivity (Wildman–Crippen MR) is 57.3 cm³/mol. The van der Waals surface area contributed by atoms with E-state index in [4.69, 9.17) is 11.2 Å². The Morgan fingerprint density at radius 3 is 2.33 bits per heavy atom. The van der Waals surface area contributed by atoms with Gasteiger partial charge in [-0.15, -0.1) is 6.42 Å². The Bertz CT molecular complexity index is 283. The molecule has 0 saturated carbocycles. The molecule has 1 N–H and O–H groups in total. The lowest BCUT2D eigenvalue weighted by Crippen LogP contribution is -2.43. The molecule has 0 aliphatic carbocycles. The first kappa shape index (κ1) is 13.5. The summed E-state index contributed by atoms with van der Waals surface area (Å²) in [6.07, 6.45) is 3.84. The van der Waals surface area contributed by atoms with Crippen LogP contribution in [0.1, 0.15) is 34.1 Å². The van der Waals surface area contributed by atoms with Gasteiger partial charge in [0, 0.05) is 5.54 Å². The van der Waals surface area contributed by atoms with Crippen LogP contribution in [0.25, 0.3) is 0 Å². The monoisotopic (exact) mass is 211 g/mol. The maximum atomic E-state index is 11.3. The first-order chi connectivity index (χ1) is 6.80. The van der Waals surface area contributed by atoms with Gasteiger partial charge in [0.25, 0.3) is 0 Å². The van der Waals surface area contributed by atoms with Gasteiger partial charge in [-0.25, -0.2) is 4.79 Å². The van der Waals surface area contributed by atoms with Crippen LogP contribution in [0.4, 0.5) is 4.79 Å². The number of carbonyl (C=O) groups excluding carboxylic acids is 2. The summed E-state index contributed by atoms with van der Waals surface area (Å²) >= 11 is 0. The molecule has 4 heteroatoms. The van der Waals surface area contributed by atoms with Crippen LogP contribution in [-0.2, 0) is 9.53 Å². The van der Waals surface area contributed by atoms with E-state index in [-0.39, 0.29) is 0 Å². The van der Waals surface area contributed by atoms with Gasteiger partial charge >= 0.3 is 6.09 Å². The molecule has 1 atom stereocenters. The third-order valence-electron chi connectivity index (χ3n) is 1.53. The largest absolute Gasteiger partial charge is 0.437 e. The summed E-state index contributed by atoms with van der Waals surface area (Å²) < 4.78 is 4.89. The highest BCUT2D eigenvalue weighted by molar-refractivity contribution is 5.99. The van der Waals surface area contributed by atoms with Crippen LogP contribution in [0.3, 0.4) is 0 Å². The standard InChI is InChI=1S/C11H17NO3/c1-6-8(13)9(7-2)15-10(14)12-11(3,4)5/h1,9H,7H2,2-5H3,(H,12,14)/t9-/m1/s1. The van der Waals surface area contributed by atoms with E-state index >= 15 is 0 Å². The number of Topliss-reactive ketones (excluding diaryl/α,β-unsaturated/α-hetero) is 1. The topological polar surface area (TPSA) is 55.4 Å². The van der Waals surface area contributed by atoms with Gasteiger partial charge in [-0.3, -0.25) is 4.79 Å². The number of alkyl carbamates (subject to hydrolysis) is 1. The minimum absolute atomic E-state index is 0.376. The number of nitrogens with one attached hydrogen (secondary N) is 1. The number of carbonyl (C=O) groups is 2. The van der Waals surface area contributed by atoms with Crippen LogP contribution in [0.2, 0.25) is 0 Å². The van der Waals surface area contributed by atoms with Gasteiger partial charge < -0.3 is 10.1 Å². The van der Waals surface area contributed by atoms with Crippen molar-refractivity contribution in [1.29, 1.82) is 0 Å². The fraction of sp³-hybridized carbons (Fsp3) is 0.636. The minimum Gasteiger partial charge on any atom is -0.437 e. The summed E-state index contributed by atoms with van der Waals surface area (Å²) in [4.78, 5) is 22.4. The molecule has 0 aromatic heterocycles. The van der Waals surface area contributed by atoms with Crippen LogP contribution in [0.15, 0.2) is 0 Å². The van der Waals surface area contributed by atoms with E-state index in [0.29, 0.717) is 6.42 Å². The van der Waals surface area contributed by atoms with Crippen molar-refractivity contribution in [3.63, 3.8) is 0 Å². The highest BCUT2D eigenvalue weighted by Gasteiger charge is 2.21. The Morgan fingerprint density at radius 2 is 2.00 bits per heavy atom. The molecule has 0 aliphatic rings. The Labute approximate surface area is 90.4 Å². The second kappa shape index (κ2) is 5.40. The molecule has 84 valence electrons. The van der Waals surface area contributed by atoms with Gasteiger partial charge in [-0.1, -0.05) is 6.92 Å². The van der Waals surface area contributed by atoms with Crippen molar-refractivity contribution in [2.45, 2.75) is 45.8 Å². The molecule has 0 heterocycles. The zero-order valence-electron chi connectivity index (χ0n) is 9.59. The number of ketones is 1. The Balaban J connectivity index is 4.27. The van der Waals surface area contributed by atoms with E-state index < -0.39 is 23.5 Å². The van der Waals surface area contributed by atoms with Gasteiger partial charge in [-0.05, 0) is 33.1 Å². The highest BCUT2D eigenvalue weighted by Crippen LogP contribution is 2.03. The molecule has 15 heavy (non-hydrogen) atoms. The molecular weight excluding hydrogens is 194 g/mol. The summed E-state index contributed by atoms with van der Waals surface area (Å²) in [5.41, 5.74) is -0.394. The third-order valence-corrected chi connectivity index (χ3v) is 1.53. The van der Waals surface area contributed by atoms with Crippen molar-refractivity contribution in [3.8, 4) is 12.3 Å².